The second-order valence-corrected chi connectivity index (χ2v) is 9.95. The second-order valence-electron chi connectivity index (χ2n) is 7.85. The summed E-state index contributed by atoms with van der Waals surface area (Å²) >= 11 is 3.64. The predicted octanol–water partition coefficient (Wildman–Crippen LogP) is 8.55. The quantitative estimate of drug-likeness (QED) is 0.267. The first-order valence-corrected chi connectivity index (χ1v) is 12.1. The Morgan fingerprint density at radius 3 is 1.34 bits per heavy atom. The van der Waals surface area contributed by atoms with Crippen molar-refractivity contribution in [2.75, 3.05) is 0 Å². The average molecular weight is 445 g/mol. The van der Waals surface area contributed by atoms with Crippen LogP contribution >= 0.6 is 22.7 Å². The molecule has 0 aliphatic heterocycles. The van der Waals surface area contributed by atoms with Gasteiger partial charge in [-0.15, -0.1) is 22.7 Å². The first-order valence-electron chi connectivity index (χ1n) is 10.5. The summed E-state index contributed by atoms with van der Waals surface area (Å²) in [5, 5.41) is 5.17. The third kappa shape index (κ3) is 2.63. The van der Waals surface area contributed by atoms with Gasteiger partial charge in [0, 0.05) is 51.5 Å². The average Bonchev–Trinajstić information content (AvgIpc) is 3.42. The van der Waals surface area contributed by atoms with Gasteiger partial charge in [-0.2, -0.15) is 0 Å². The molecule has 0 saturated heterocycles. The molecule has 7 aromatic rings. The molecule has 0 saturated carbocycles. The maximum Gasteiger partial charge on any atom is 0.0900 e. The van der Waals surface area contributed by atoms with Crippen LogP contribution in [-0.2, 0) is 0 Å². The molecule has 0 amide bonds. The van der Waals surface area contributed by atoms with Crippen LogP contribution in [0.2, 0.25) is 0 Å². The van der Waals surface area contributed by atoms with Gasteiger partial charge in [-0.25, -0.2) is 0 Å². The zero-order valence-electron chi connectivity index (χ0n) is 16.9. The summed E-state index contributed by atoms with van der Waals surface area (Å²) in [6.45, 7) is 0. The molecule has 0 radical (unpaired) electrons. The van der Waals surface area contributed by atoms with Crippen molar-refractivity contribution < 1.29 is 0 Å². The lowest BCUT2D eigenvalue weighted by molar-refractivity contribution is 1.22. The highest BCUT2D eigenvalue weighted by Gasteiger charge is 2.14. The van der Waals surface area contributed by atoms with E-state index in [2.05, 4.69) is 84.9 Å². The molecule has 3 aromatic heterocycles. The van der Waals surface area contributed by atoms with Crippen molar-refractivity contribution in [2.45, 2.75) is 0 Å². The van der Waals surface area contributed by atoms with Gasteiger partial charge in [-0.1, -0.05) is 72.8 Å². The first-order chi connectivity index (χ1) is 15.9. The van der Waals surface area contributed by atoms with E-state index in [4.69, 9.17) is 9.97 Å². The molecule has 0 spiro atoms. The molecule has 32 heavy (non-hydrogen) atoms. The summed E-state index contributed by atoms with van der Waals surface area (Å²) in [6.07, 6.45) is 3.83. The van der Waals surface area contributed by atoms with E-state index in [1.54, 1.807) is 0 Å². The highest BCUT2D eigenvalue weighted by Crippen LogP contribution is 2.41. The van der Waals surface area contributed by atoms with Crippen molar-refractivity contribution in [3.8, 4) is 22.5 Å². The fourth-order valence-corrected chi connectivity index (χ4v) is 6.95. The Balaban J connectivity index is 1.38. The third-order valence-corrected chi connectivity index (χ3v) is 8.45. The predicted molar refractivity (Wildman–Crippen MR) is 139 cm³/mol. The van der Waals surface area contributed by atoms with Crippen LogP contribution in [0.1, 0.15) is 0 Å². The highest BCUT2D eigenvalue weighted by atomic mass is 32.1. The molecule has 0 bridgehead atoms. The van der Waals surface area contributed by atoms with Crippen molar-refractivity contribution in [3.05, 3.63) is 97.3 Å². The van der Waals surface area contributed by atoms with Crippen LogP contribution in [0, 0.1) is 0 Å². The van der Waals surface area contributed by atoms with Gasteiger partial charge in [0.15, 0.2) is 0 Å². The standard InChI is InChI=1S/C28H16N2S2/c1-3-13-25-17(7-1)19-9-5-11-21(27(19)31-25)23-15-30-24(16-29-23)22-12-6-10-20-18-8-2-4-14-26(18)32-28(20)22/h1-16H. The fraction of sp³-hybridized carbons (Fsp3) is 0. The molecule has 4 heteroatoms. The van der Waals surface area contributed by atoms with E-state index >= 15 is 0 Å². The fourth-order valence-electron chi connectivity index (χ4n) is 4.50. The number of fused-ring (bicyclic) bond motifs is 6. The van der Waals surface area contributed by atoms with Crippen LogP contribution in [0.4, 0.5) is 0 Å². The Morgan fingerprint density at radius 2 is 0.875 bits per heavy atom. The Hall–Kier alpha value is -3.60. The van der Waals surface area contributed by atoms with Gasteiger partial charge in [0.05, 0.1) is 23.8 Å². The molecule has 0 atom stereocenters. The maximum atomic E-state index is 4.86. The van der Waals surface area contributed by atoms with Gasteiger partial charge >= 0.3 is 0 Å². The summed E-state index contributed by atoms with van der Waals surface area (Å²) in [4.78, 5) is 9.71. The van der Waals surface area contributed by atoms with Crippen molar-refractivity contribution >= 4 is 63.0 Å². The zero-order valence-corrected chi connectivity index (χ0v) is 18.6. The molecule has 2 nitrogen and oxygen atoms in total. The second kappa shape index (κ2) is 6.95. The van der Waals surface area contributed by atoms with Gasteiger partial charge in [0.2, 0.25) is 0 Å². The highest BCUT2D eigenvalue weighted by molar-refractivity contribution is 7.26. The number of hydrogen-bond acceptors (Lipinski definition) is 4. The van der Waals surface area contributed by atoms with E-state index in [1.165, 1.54) is 40.3 Å². The summed E-state index contributed by atoms with van der Waals surface area (Å²) in [6, 6.07) is 30.1. The van der Waals surface area contributed by atoms with Crippen LogP contribution in [-0.4, -0.2) is 9.97 Å². The van der Waals surface area contributed by atoms with E-state index in [0.717, 1.165) is 22.5 Å². The number of benzene rings is 4. The summed E-state index contributed by atoms with van der Waals surface area (Å²) in [7, 11) is 0. The van der Waals surface area contributed by atoms with E-state index in [-0.39, 0.29) is 0 Å². The summed E-state index contributed by atoms with van der Waals surface area (Å²) in [5.41, 5.74) is 4.11. The van der Waals surface area contributed by atoms with E-state index in [0.29, 0.717) is 0 Å². The molecular formula is C28H16N2S2. The normalized spacial score (nSPS) is 11.8. The van der Waals surface area contributed by atoms with E-state index in [9.17, 15) is 0 Å². The molecule has 4 aromatic carbocycles. The first kappa shape index (κ1) is 18.0. The minimum Gasteiger partial charge on any atom is -0.252 e. The Kier molecular flexibility index (Phi) is 3.92. The van der Waals surface area contributed by atoms with Gasteiger partial charge in [-0.05, 0) is 12.1 Å². The Morgan fingerprint density at radius 1 is 0.438 bits per heavy atom. The molecule has 7 rings (SSSR count). The largest absolute Gasteiger partial charge is 0.252 e. The number of nitrogens with zero attached hydrogens (tertiary/aromatic N) is 2. The van der Waals surface area contributed by atoms with E-state index in [1.807, 2.05) is 35.1 Å². The topological polar surface area (TPSA) is 25.8 Å². The smallest absolute Gasteiger partial charge is 0.0900 e. The zero-order chi connectivity index (χ0) is 21.1. The number of aromatic nitrogens is 2. The maximum absolute atomic E-state index is 4.86. The monoisotopic (exact) mass is 444 g/mol. The Bertz CT molecular complexity index is 1640. The molecule has 0 aliphatic carbocycles. The van der Waals surface area contributed by atoms with Crippen molar-refractivity contribution in [1.82, 2.24) is 9.97 Å². The van der Waals surface area contributed by atoms with Crippen molar-refractivity contribution in [3.63, 3.8) is 0 Å². The minimum absolute atomic E-state index is 0.912. The number of rotatable bonds is 2. The minimum atomic E-state index is 0.912. The van der Waals surface area contributed by atoms with Crippen molar-refractivity contribution in [2.24, 2.45) is 0 Å². The van der Waals surface area contributed by atoms with Crippen molar-refractivity contribution in [1.29, 1.82) is 0 Å². The molecular weight excluding hydrogens is 428 g/mol. The van der Waals surface area contributed by atoms with Gasteiger partial charge in [0.1, 0.15) is 0 Å². The molecule has 150 valence electrons. The Labute approximate surface area is 192 Å². The number of thiophene rings is 2. The van der Waals surface area contributed by atoms with Gasteiger partial charge in [0.25, 0.3) is 0 Å². The van der Waals surface area contributed by atoms with Crippen LogP contribution < -0.4 is 0 Å². The number of hydrogen-bond donors (Lipinski definition) is 0. The molecule has 0 unspecified atom stereocenters. The third-order valence-electron chi connectivity index (χ3n) is 6.01. The lowest BCUT2D eigenvalue weighted by Gasteiger charge is -2.06. The van der Waals surface area contributed by atoms with Gasteiger partial charge < -0.3 is 0 Å². The summed E-state index contributed by atoms with van der Waals surface area (Å²) in [5.74, 6) is 0. The SMILES string of the molecule is c1ccc2c(c1)sc1c(-c3cnc(-c4cccc5c4sc4ccccc45)cn3)cccc12. The molecule has 3 heterocycles. The van der Waals surface area contributed by atoms with E-state index < -0.39 is 0 Å². The van der Waals surface area contributed by atoms with Crippen LogP contribution in [0.3, 0.4) is 0 Å². The molecule has 0 fully saturated rings. The molecule has 0 N–H and O–H groups in total. The molecule has 0 aliphatic rings. The summed E-state index contributed by atoms with van der Waals surface area (Å²) < 4.78 is 5.14. The lowest BCUT2D eigenvalue weighted by Crippen LogP contribution is -1.89. The lowest BCUT2D eigenvalue weighted by atomic mass is 10.1. The van der Waals surface area contributed by atoms with Crippen LogP contribution in [0.25, 0.3) is 62.9 Å². The van der Waals surface area contributed by atoms with Crippen LogP contribution in [0.15, 0.2) is 97.3 Å². The van der Waals surface area contributed by atoms with Gasteiger partial charge in [-0.3, -0.25) is 9.97 Å². The van der Waals surface area contributed by atoms with Crippen LogP contribution in [0.5, 0.6) is 0 Å².